The predicted molar refractivity (Wildman–Crippen MR) is 103 cm³/mol. The van der Waals surface area contributed by atoms with E-state index >= 15 is 0 Å². The van der Waals surface area contributed by atoms with E-state index in [0.717, 1.165) is 16.8 Å². The number of carbonyl (C=O) groups is 1. The molecule has 6 heteroatoms. The highest BCUT2D eigenvalue weighted by Gasteiger charge is 2.33. The fourth-order valence-corrected chi connectivity index (χ4v) is 3.61. The molecule has 28 heavy (non-hydrogen) atoms. The van der Waals surface area contributed by atoms with Gasteiger partial charge in [0.05, 0.1) is 5.56 Å². The van der Waals surface area contributed by atoms with Crippen LogP contribution in [0.2, 0.25) is 0 Å². The van der Waals surface area contributed by atoms with E-state index < -0.39 is 0 Å². The molecule has 0 aliphatic carbocycles. The Morgan fingerprint density at radius 2 is 1.79 bits per heavy atom. The van der Waals surface area contributed by atoms with Crippen LogP contribution in [0.15, 0.2) is 66.7 Å². The number of hydrogen-bond donors (Lipinski definition) is 2. The zero-order chi connectivity index (χ0) is 19.1. The maximum Gasteiger partial charge on any atom is 0.258 e. The lowest BCUT2D eigenvalue weighted by atomic mass is 10.0. The van der Waals surface area contributed by atoms with Crippen LogP contribution in [-0.2, 0) is 6.54 Å². The average Bonchev–Trinajstić information content (AvgIpc) is 3.18. The maximum absolute atomic E-state index is 13.3. The normalized spacial score (nSPS) is 17.2. The van der Waals surface area contributed by atoms with Gasteiger partial charge in [-0.3, -0.25) is 4.79 Å². The van der Waals surface area contributed by atoms with Crippen LogP contribution in [0.1, 0.15) is 27.7 Å². The van der Waals surface area contributed by atoms with Crippen molar-refractivity contribution in [3.05, 3.63) is 83.4 Å². The highest BCUT2D eigenvalue weighted by atomic mass is 16.7. The molecule has 1 atom stereocenters. The summed E-state index contributed by atoms with van der Waals surface area (Å²) in [4.78, 5) is 15.1. The number of amides is 1. The molecule has 3 aromatic rings. The van der Waals surface area contributed by atoms with Gasteiger partial charge in [-0.05, 0) is 47.5 Å². The lowest BCUT2D eigenvalue weighted by Gasteiger charge is -2.38. The summed E-state index contributed by atoms with van der Waals surface area (Å²) in [5, 5.41) is 13.1. The van der Waals surface area contributed by atoms with Gasteiger partial charge in [0.15, 0.2) is 11.5 Å². The van der Waals surface area contributed by atoms with Crippen LogP contribution in [-0.4, -0.2) is 22.7 Å². The summed E-state index contributed by atoms with van der Waals surface area (Å²) in [6.07, 6.45) is -0.353. The Bertz CT molecular complexity index is 1050. The first-order chi connectivity index (χ1) is 13.7. The highest BCUT2D eigenvalue weighted by molar-refractivity contribution is 6.01. The summed E-state index contributed by atoms with van der Waals surface area (Å²) in [5.74, 6) is 1.54. The SMILES string of the molecule is O=C1c2ccccc2NC(c2ccc(O)cc2)N1Cc1ccc2c(c1)OCO2. The minimum absolute atomic E-state index is 0.0508. The summed E-state index contributed by atoms with van der Waals surface area (Å²) in [5.41, 5.74) is 3.27. The molecule has 1 amide bonds. The molecule has 0 saturated heterocycles. The fourth-order valence-electron chi connectivity index (χ4n) is 3.61. The van der Waals surface area contributed by atoms with Crippen molar-refractivity contribution in [1.82, 2.24) is 4.90 Å². The van der Waals surface area contributed by atoms with Crippen molar-refractivity contribution in [3.8, 4) is 17.2 Å². The molecule has 0 fully saturated rings. The summed E-state index contributed by atoms with van der Waals surface area (Å²) in [6, 6.07) is 20.1. The second-order valence-corrected chi connectivity index (χ2v) is 6.80. The molecule has 0 saturated carbocycles. The van der Waals surface area contributed by atoms with Crippen LogP contribution in [0.4, 0.5) is 5.69 Å². The van der Waals surface area contributed by atoms with Crippen LogP contribution >= 0.6 is 0 Å². The lowest BCUT2D eigenvalue weighted by Crippen LogP contribution is -2.42. The van der Waals surface area contributed by atoms with Crippen LogP contribution in [0.5, 0.6) is 17.2 Å². The van der Waals surface area contributed by atoms with Crippen LogP contribution in [0, 0.1) is 0 Å². The van der Waals surface area contributed by atoms with Crippen LogP contribution < -0.4 is 14.8 Å². The summed E-state index contributed by atoms with van der Waals surface area (Å²) in [7, 11) is 0. The van der Waals surface area contributed by atoms with E-state index in [0.29, 0.717) is 23.6 Å². The average molecular weight is 374 g/mol. The number of fused-ring (bicyclic) bond motifs is 2. The number of para-hydroxylation sites is 1. The molecular formula is C22H18N2O4. The first-order valence-electron chi connectivity index (χ1n) is 9.03. The van der Waals surface area contributed by atoms with Gasteiger partial charge in [-0.2, -0.15) is 0 Å². The Balaban J connectivity index is 1.53. The van der Waals surface area contributed by atoms with Crippen molar-refractivity contribution in [2.45, 2.75) is 12.7 Å². The Morgan fingerprint density at radius 3 is 2.64 bits per heavy atom. The number of ether oxygens (including phenoxy) is 2. The molecule has 0 aromatic heterocycles. The topological polar surface area (TPSA) is 71.0 Å². The zero-order valence-corrected chi connectivity index (χ0v) is 15.0. The van der Waals surface area contributed by atoms with E-state index in [-0.39, 0.29) is 24.6 Å². The quantitative estimate of drug-likeness (QED) is 0.728. The molecular weight excluding hydrogens is 356 g/mol. The summed E-state index contributed by atoms with van der Waals surface area (Å²) in [6.45, 7) is 0.620. The molecule has 2 aliphatic rings. The van der Waals surface area contributed by atoms with Crippen molar-refractivity contribution >= 4 is 11.6 Å². The maximum atomic E-state index is 13.3. The first kappa shape index (κ1) is 16.5. The van der Waals surface area contributed by atoms with Gasteiger partial charge >= 0.3 is 0 Å². The van der Waals surface area contributed by atoms with Gasteiger partial charge in [0.1, 0.15) is 11.9 Å². The lowest BCUT2D eigenvalue weighted by molar-refractivity contribution is 0.0666. The Kier molecular flexibility index (Phi) is 3.83. The summed E-state index contributed by atoms with van der Waals surface area (Å²) >= 11 is 0. The van der Waals surface area contributed by atoms with Crippen LogP contribution in [0.3, 0.4) is 0 Å². The number of aromatic hydroxyl groups is 1. The van der Waals surface area contributed by atoms with Gasteiger partial charge in [-0.1, -0.05) is 30.3 Å². The molecule has 0 spiro atoms. The number of anilines is 1. The minimum Gasteiger partial charge on any atom is -0.508 e. The molecule has 140 valence electrons. The van der Waals surface area contributed by atoms with E-state index in [2.05, 4.69) is 5.32 Å². The molecule has 0 radical (unpaired) electrons. The van der Waals surface area contributed by atoms with Gasteiger partial charge in [-0.15, -0.1) is 0 Å². The second-order valence-electron chi connectivity index (χ2n) is 6.80. The minimum atomic E-state index is -0.353. The Hall–Kier alpha value is -3.67. The number of benzene rings is 3. The second kappa shape index (κ2) is 6.49. The number of rotatable bonds is 3. The van der Waals surface area contributed by atoms with Crippen molar-refractivity contribution in [3.63, 3.8) is 0 Å². The van der Waals surface area contributed by atoms with E-state index in [1.54, 1.807) is 17.0 Å². The molecule has 1 unspecified atom stereocenters. The standard InChI is InChI=1S/C22H18N2O4/c25-16-8-6-15(7-9-16)21-23-18-4-2-1-3-17(18)22(26)24(21)12-14-5-10-19-20(11-14)28-13-27-19/h1-11,21,23,25H,12-13H2. The molecule has 2 N–H and O–H groups in total. The van der Waals surface area contributed by atoms with Crippen molar-refractivity contribution in [1.29, 1.82) is 0 Å². The smallest absolute Gasteiger partial charge is 0.258 e. The van der Waals surface area contributed by atoms with Crippen molar-refractivity contribution < 1.29 is 19.4 Å². The molecule has 2 heterocycles. The molecule has 2 aliphatic heterocycles. The molecule has 6 nitrogen and oxygen atoms in total. The number of nitrogens with zero attached hydrogens (tertiary/aromatic N) is 1. The third kappa shape index (κ3) is 2.79. The third-order valence-electron chi connectivity index (χ3n) is 5.02. The highest BCUT2D eigenvalue weighted by Crippen LogP contribution is 2.37. The molecule has 0 bridgehead atoms. The van der Waals surface area contributed by atoms with Crippen molar-refractivity contribution in [2.24, 2.45) is 0 Å². The van der Waals surface area contributed by atoms with Gasteiger partial charge in [0, 0.05) is 12.2 Å². The number of phenols is 1. The Labute approximate surface area is 161 Å². The third-order valence-corrected chi connectivity index (χ3v) is 5.02. The number of nitrogens with one attached hydrogen (secondary N) is 1. The van der Waals surface area contributed by atoms with E-state index in [4.69, 9.17) is 9.47 Å². The van der Waals surface area contributed by atoms with E-state index in [9.17, 15) is 9.90 Å². The molecule has 3 aromatic carbocycles. The monoisotopic (exact) mass is 374 g/mol. The Morgan fingerprint density at radius 1 is 1.00 bits per heavy atom. The number of phenolic OH excluding ortho intramolecular Hbond substituents is 1. The van der Waals surface area contributed by atoms with Gasteiger partial charge in [-0.25, -0.2) is 0 Å². The van der Waals surface area contributed by atoms with Crippen molar-refractivity contribution in [2.75, 3.05) is 12.1 Å². The van der Waals surface area contributed by atoms with Crippen LogP contribution in [0.25, 0.3) is 0 Å². The first-order valence-corrected chi connectivity index (χ1v) is 9.03. The fraction of sp³-hybridized carbons (Fsp3) is 0.136. The number of carbonyl (C=O) groups excluding carboxylic acids is 1. The van der Waals surface area contributed by atoms with Gasteiger partial charge in [0.2, 0.25) is 6.79 Å². The zero-order valence-electron chi connectivity index (χ0n) is 15.0. The van der Waals surface area contributed by atoms with E-state index in [1.165, 1.54) is 0 Å². The predicted octanol–water partition coefficient (Wildman–Crippen LogP) is 3.89. The van der Waals surface area contributed by atoms with Gasteiger partial charge < -0.3 is 24.8 Å². The van der Waals surface area contributed by atoms with E-state index in [1.807, 2.05) is 54.6 Å². The molecule has 5 rings (SSSR count). The number of hydrogen-bond acceptors (Lipinski definition) is 5. The largest absolute Gasteiger partial charge is 0.508 e. The summed E-state index contributed by atoms with van der Waals surface area (Å²) < 4.78 is 10.8. The van der Waals surface area contributed by atoms with Gasteiger partial charge in [0.25, 0.3) is 5.91 Å².